The summed E-state index contributed by atoms with van der Waals surface area (Å²) in [6.07, 6.45) is 3.47. The van der Waals surface area contributed by atoms with Gasteiger partial charge in [-0.05, 0) is 54.7 Å². The van der Waals surface area contributed by atoms with Crippen LogP contribution in [0.5, 0.6) is 0 Å². The maximum Gasteiger partial charge on any atom is 0.489 e. The van der Waals surface area contributed by atoms with E-state index in [2.05, 4.69) is 62.4 Å². The highest BCUT2D eigenvalue weighted by atomic mass is 35.5. The summed E-state index contributed by atoms with van der Waals surface area (Å²) < 4.78 is 0. The number of rotatable bonds is 2. The molecule has 0 atom stereocenters. The summed E-state index contributed by atoms with van der Waals surface area (Å²) in [7, 11) is -1.40. The molecular weight excluding hydrogens is 531 g/mol. The van der Waals surface area contributed by atoms with E-state index in [0.29, 0.717) is 10.6 Å². The van der Waals surface area contributed by atoms with Crippen molar-refractivity contribution in [3.63, 3.8) is 0 Å². The number of nitrogens with zero attached hydrogens (tertiary/aromatic N) is 4. The van der Waals surface area contributed by atoms with Crippen LogP contribution >= 0.6 is 11.6 Å². The molecule has 8 heteroatoms. The number of benzene rings is 4. The summed E-state index contributed by atoms with van der Waals surface area (Å²) in [5.41, 5.74) is 6.30. The Morgan fingerprint density at radius 2 is 1.12 bits per heavy atom. The monoisotopic (exact) mass is 564 g/mol. The van der Waals surface area contributed by atoms with Crippen molar-refractivity contribution in [2.45, 2.75) is 35.1 Å². The normalized spacial score (nSPS) is 10.1. The zero-order chi connectivity index (χ0) is 28.6. The minimum Gasteiger partial charge on any atom is -0.423 e. The minimum absolute atomic E-state index is 0. The van der Waals surface area contributed by atoms with Gasteiger partial charge in [-0.1, -0.05) is 104 Å². The standard InChI is InChI=1S/C16H14N2.C10H9BO2.C6H7ClN2.CH4/c1-11-10-17-16(12(2)18-11)15-9-5-7-13-6-3-4-8-14(13)15;12-11(13)10-7-3-5-8-4-1-2-6-9(8)10;1-4-3-8-6(7)5(2)9-4;/h3-10H,1-2H3;1-7,12-13H;3H,1-2H3;1H4. The number of aromatic nitrogens is 4. The lowest BCUT2D eigenvalue weighted by Gasteiger charge is -2.08. The molecule has 6 rings (SSSR count). The highest BCUT2D eigenvalue weighted by molar-refractivity contribution is 6.61. The molecule has 0 aliphatic carbocycles. The van der Waals surface area contributed by atoms with Gasteiger partial charge in [0.05, 0.1) is 28.5 Å². The molecule has 0 amide bonds. The highest BCUT2D eigenvalue weighted by Gasteiger charge is 2.13. The summed E-state index contributed by atoms with van der Waals surface area (Å²) in [6.45, 7) is 7.70. The second-order valence-corrected chi connectivity index (χ2v) is 9.66. The van der Waals surface area contributed by atoms with Gasteiger partial charge in [-0.3, -0.25) is 15.0 Å². The van der Waals surface area contributed by atoms with Crippen LogP contribution in [-0.2, 0) is 0 Å². The summed E-state index contributed by atoms with van der Waals surface area (Å²) in [5, 5.41) is 23.0. The Kier molecular flexibility index (Phi) is 11.1. The second-order valence-electron chi connectivity index (χ2n) is 9.30. The van der Waals surface area contributed by atoms with Gasteiger partial charge in [0.25, 0.3) is 0 Å². The smallest absolute Gasteiger partial charge is 0.423 e. The molecule has 6 aromatic rings. The molecule has 2 N–H and O–H groups in total. The Bertz CT molecular complexity index is 1750. The third kappa shape index (κ3) is 7.95. The topological polar surface area (TPSA) is 92.0 Å². The average Bonchev–Trinajstić information content (AvgIpc) is 2.95. The Hall–Kier alpha value is -4.17. The molecule has 0 spiro atoms. The summed E-state index contributed by atoms with van der Waals surface area (Å²) in [6, 6.07) is 27.8. The van der Waals surface area contributed by atoms with Crippen molar-refractivity contribution < 1.29 is 10.0 Å². The molecule has 0 bridgehead atoms. The molecule has 4 aromatic carbocycles. The van der Waals surface area contributed by atoms with Gasteiger partial charge in [-0.2, -0.15) is 0 Å². The minimum atomic E-state index is -1.40. The first kappa shape index (κ1) is 31.4. The predicted molar refractivity (Wildman–Crippen MR) is 171 cm³/mol. The van der Waals surface area contributed by atoms with E-state index < -0.39 is 7.12 Å². The van der Waals surface area contributed by atoms with Crippen LogP contribution in [-0.4, -0.2) is 37.1 Å². The van der Waals surface area contributed by atoms with Crippen molar-refractivity contribution in [3.8, 4) is 11.3 Å². The predicted octanol–water partition coefficient (Wildman–Crippen LogP) is 6.82. The van der Waals surface area contributed by atoms with Gasteiger partial charge in [-0.15, -0.1) is 0 Å². The molecule has 0 unspecified atom stereocenters. The van der Waals surface area contributed by atoms with Crippen molar-refractivity contribution >= 4 is 45.7 Å². The van der Waals surface area contributed by atoms with E-state index in [1.54, 1.807) is 12.3 Å². The first-order valence-electron chi connectivity index (χ1n) is 12.8. The molecule has 0 aliphatic rings. The Morgan fingerprint density at radius 3 is 1.71 bits per heavy atom. The van der Waals surface area contributed by atoms with E-state index in [1.807, 2.05) is 70.3 Å². The molecule has 0 saturated heterocycles. The van der Waals surface area contributed by atoms with Gasteiger partial charge in [0.2, 0.25) is 0 Å². The lowest BCUT2D eigenvalue weighted by atomic mass is 9.77. The van der Waals surface area contributed by atoms with Gasteiger partial charge in [0, 0.05) is 18.0 Å². The fraction of sp³-hybridized carbons (Fsp3) is 0.152. The Labute approximate surface area is 246 Å². The van der Waals surface area contributed by atoms with Crippen LogP contribution in [0.1, 0.15) is 30.2 Å². The summed E-state index contributed by atoms with van der Waals surface area (Å²) in [4.78, 5) is 17.0. The molecule has 41 heavy (non-hydrogen) atoms. The molecule has 6 nitrogen and oxygen atoms in total. The van der Waals surface area contributed by atoms with Crippen molar-refractivity contribution in [2.75, 3.05) is 0 Å². The van der Waals surface area contributed by atoms with Crippen LogP contribution < -0.4 is 5.46 Å². The van der Waals surface area contributed by atoms with Crippen molar-refractivity contribution in [3.05, 3.63) is 125 Å². The first-order chi connectivity index (χ1) is 19.2. The molecule has 0 aliphatic heterocycles. The van der Waals surface area contributed by atoms with Gasteiger partial charge in [-0.25, -0.2) is 4.98 Å². The number of halogens is 1. The number of fused-ring (bicyclic) bond motifs is 2. The second kappa shape index (κ2) is 14.5. The quantitative estimate of drug-likeness (QED) is 0.224. The molecule has 2 aromatic heterocycles. The highest BCUT2D eigenvalue weighted by Crippen LogP contribution is 2.28. The van der Waals surface area contributed by atoms with E-state index in [0.717, 1.165) is 44.8 Å². The van der Waals surface area contributed by atoms with Crippen LogP contribution in [0.15, 0.2) is 97.3 Å². The number of hydrogen-bond donors (Lipinski definition) is 2. The number of aryl methyl sites for hydroxylation is 4. The Morgan fingerprint density at radius 1 is 0.610 bits per heavy atom. The maximum absolute atomic E-state index is 9.08. The molecule has 0 radical (unpaired) electrons. The van der Waals surface area contributed by atoms with E-state index in [9.17, 15) is 0 Å². The average molecular weight is 565 g/mol. The fourth-order valence-corrected chi connectivity index (χ4v) is 4.44. The van der Waals surface area contributed by atoms with Crippen LogP contribution in [0.4, 0.5) is 0 Å². The zero-order valence-corrected chi connectivity index (χ0v) is 23.6. The van der Waals surface area contributed by atoms with Gasteiger partial charge >= 0.3 is 7.12 Å². The van der Waals surface area contributed by atoms with Gasteiger partial charge in [0.1, 0.15) is 5.15 Å². The lowest BCUT2D eigenvalue weighted by Crippen LogP contribution is -2.30. The van der Waals surface area contributed by atoms with E-state index in [1.165, 1.54) is 10.8 Å². The van der Waals surface area contributed by atoms with Crippen molar-refractivity contribution in [1.82, 2.24) is 19.9 Å². The first-order valence-corrected chi connectivity index (χ1v) is 13.2. The Balaban J connectivity index is 0.000000177. The van der Waals surface area contributed by atoms with Gasteiger partial charge < -0.3 is 10.0 Å². The van der Waals surface area contributed by atoms with Crippen LogP contribution in [0, 0.1) is 27.7 Å². The third-order valence-corrected chi connectivity index (χ3v) is 6.59. The molecule has 2 heterocycles. The van der Waals surface area contributed by atoms with Crippen LogP contribution in [0.25, 0.3) is 32.8 Å². The SMILES string of the molecule is C.Cc1cnc(-c2cccc3ccccc23)c(C)n1.Cc1cnc(Cl)c(C)n1.OB(O)c1cccc2ccccc12. The molecule has 208 valence electrons. The van der Waals surface area contributed by atoms with Crippen LogP contribution in [0.2, 0.25) is 5.15 Å². The fourth-order valence-electron chi connectivity index (χ4n) is 4.35. The van der Waals surface area contributed by atoms with E-state index in [4.69, 9.17) is 21.6 Å². The molecule has 0 fully saturated rings. The summed E-state index contributed by atoms with van der Waals surface area (Å²) >= 11 is 5.61. The van der Waals surface area contributed by atoms with E-state index in [-0.39, 0.29) is 7.43 Å². The maximum atomic E-state index is 9.08. The van der Waals surface area contributed by atoms with Gasteiger partial charge in [0.15, 0.2) is 0 Å². The third-order valence-electron chi connectivity index (χ3n) is 6.22. The lowest BCUT2D eigenvalue weighted by molar-refractivity contribution is 0.426. The molecule has 0 saturated carbocycles. The van der Waals surface area contributed by atoms with Crippen molar-refractivity contribution in [2.24, 2.45) is 0 Å². The van der Waals surface area contributed by atoms with E-state index >= 15 is 0 Å². The molecular formula is C33H34BClN4O2. The van der Waals surface area contributed by atoms with Crippen LogP contribution in [0.3, 0.4) is 0 Å². The number of hydrogen-bond acceptors (Lipinski definition) is 6. The largest absolute Gasteiger partial charge is 0.489 e. The zero-order valence-electron chi connectivity index (χ0n) is 22.9. The summed E-state index contributed by atoms with van der Waals surface area (Å²) in [5.74, 6) is 0. The van der Waals surface area contributed by atoms with Crippen molar-refractivity contribution in [1.29, 1.82) is 0 Å².